The van der Waals surface area contributed by atoms with Gasteiger partial charge in [-0.15, -0.1) is 0 Å². The van der Waals surface area contributed by atoms with Gasteiger partial charge in [-0.05, 0) is 60.7 Å². The Bertz CT molecular complexity index is 644. The highest BCUT2D eigenvalue weighted by atomic mass is 16.5. The Hall–Kier alpha value is -2.86. The van der Waals surface area contributed by atoms with Gasteiger partial charge in [-0.1, -0.05) is 11.8 Å². The summed E-state index contributed by atoms with van der Waals surface area (Å²) in [5.41, 5.74) is 0.855. The molecule has 0 heterocycles. The minimum Gasteiger partial charge on any atom is -0.508 e. The molecule has 0 aromatic heterocycles. The van der Waals surface area contributed by atoms with Crippen LogP contribution in [0.4, 0.5) is 0 Å². The molecule has 0 aliphatic heterocycles. The molecule has 0 saturated carbocycles. The van der Waals surface area contributed by atoms with Crippen molar-refractivity contribution in [3.05, 3.63) is 66.2 Å². The first-order valence-electron chi connectivity index (χ1n) is 6.50. The normalized spacial score (nSPS) is 9.95. The molecule has 106 valence electrons. The van der Waals surface area contributed by atoms with E-state index in [2.05, 4.69) is 11.8 Å². The number of rotatable bonds is 4. The van der Waals surface area contributed by atoms with E-state index in [0.29, 0.717) is 6.61 Å². The Morgan fingerprint density at radius 3 is 2.33 bits per heavy atom. The van der Waals surface area contributed by atoms with Gasteiger partial charge >= 0.3 is 0 Å². The van der Waals surface area contributed by atoms with Gasteiger partial charge in [-0.25, -0.2) is 0 Å². The molecular formula is C18H16O3. The van der Waals surface area contributed by atoms with Crippen molar-refractivity contribution in [2.75, 3.05) is 13.7 Å². The fourth-order valence-corrected chi connectivity index (χ4v) is 1.59. The first-order chi connectivity index (χ1) is 10.3. The maximum atomic E-state index is 9.15. The number of benzene rings is 2. The Labute approximate surface area is 124 Å². The van der Waals surface area contributed by atoms with E-state index < -0.39 is 0 Å². The zero-order chi connectivity index (χ0) is 14.9. The second-order valence-electron chi connectivity index (χ2n) is 4.21. The number of phenols is 1. The highest BCUT2D eigenvalue weighted by Crippen LogP contribution is 2.16. The number of ether oxygens (including phenoxy) is 2. The van der Waals surface area contributed by atoms with Crippen LogP contribution in [-0.2, 0) is 0 Å². The molecule has 0 atom stereocenters. The van der Waals surface area contributed by atoms with E-state index in [1.165, 1.54) is 0 Å². The summed E-state index contributed by atoms with van der Waals surface area (Å²) in [5.74, 6) is 7.71. The van der Waals surface area contributed by atoms with Gasteiger partial charge in [0.1, 0.15) is 23.9 Å². The Kier molecular flexibility index (Phi) is 5.31. The number of allylic oxidation sites excluding steroid dienone is 1. The predicted molar refractivity (Wildman–Crippen MR) is 82.6 cm³/mol. The lowest BCUT2D eigenvalue weighted by atomic mass is 10.2. The number of methoxy groups -OCH3 is 1. The van der Waals surface area contributed by atoms with Crippen LogP contribution < -0.4 is 9.47 Å². The predicted octanol–water partition coefficient (Wildman–Crippen LogP) is 3.39. The van der Waals surface area contributed by atoms with Crippen LogP contribution in [-0.4, -0.2) is 18.8 Å². The molecule has 3 heteroatoms. The zero-order valence-electron chi connectivity index (χ0n) is 11.7. The van der Waals surface area contributed by atoms with E-state index in [1.54, 1.807) is 37.5 Å². The molecule has 0 spiro atoms. The maximum Gasteiger partial charge on any atom is 0.120 e. The van der Waals surface area contributed by atoms with Crippen molar-refractivity contribution in [2.45, 2.75) is 0 Å². The maximum absolute atomic E-state index is 9.15. The van der Waals surface area contributed by atoms with Crippen molar-refractivity contribution in [1.82, 2.24) is 0 Å². The highest BCUT2D eigenvalue weighted by molar-refractivity contribution is 5.39. The van der Waals surface area contributed by atoms with Crippen molar-refractivity contribution < 1.29 is 14.6 Å². The Balaban J connectivity index is 1.79. The molecule has 0 radical (unpaired) electrons. The van der Waals surface area contributed by atoms with Crippen LogP contribution in [0.3, 0.4) is 0 Å². The fraction of sp³-hybridized carbons (Fsp3) is 0.111. The third kappa shape index (κ3) is 4.96. The van der Waals surface area contributed by atoms with Gasteiger partial charge in [0.15, 0.2) is 0 Å². The standard InChI is InChI=1S/C18H16O3/c1-20-17-10-12-18(13-11-17)21-14-4-2-3-5-15-6-8-16(19)9-7-15/h2,4,6-13,19H,14H2,1H3. The van der Waals surface area contributed by atoms with Crippen molar-refractivity contribution in [3.63, 3.8) is 0 Å². The van der Waals surface area contributed by atoms with E-state index in [1.807, 2.05) is 30.3 Å². The molecule has 0 saturated heterocycles. The number of hydrogen-bond acceptors (Lipinski definition) is 3. The SMILES string of the molecule is COc1ccc(OCC=CC#Cc2ccc(O)cc2)cc1. The zero-order valence-corrected chi connectivity index (χ0v) is 11.7. The first-order valence-corrected chi connectivity index (χ1v) is 6.50. The van der Waals surface area contributed by atoms with Crippen molar-refractivity contribution >= 4 is 0 Å². The Morgan fingerprint density at radius 2 is 1.67 bits per heavy atom. The lowest BCUT2D eigenvalue weighted by molar-refractivity contribution is 0.361. The van der Waals surface area contributed by atoms with E-state index in [4.69, 9.17) is 14.6 Å². The summed E-state index contributed by atoms with van der Waals surface area (Å²) in [6.45, 7) is 0.455. The van der Waals surface area contributed by atoms with Crippen LogP contribution in [0, 0.1) is 11.8 Å². The average Bonchev–Trinajstić information content (AvgIpc) is 2.53. The number of phenolic OH excluding ortho intramolecular Hbond substituents is 1. The van der Waals surface area contributed by atoms with Gasteiger partial charge in [0, 0.05) is 5.56 Å². The average molecular weight is 280 g/mol. The van der Waals surface area contributed by atoms with E-state index in [-0.39, 0.29) is 5.75 Å². The molecule has 3 nitrogen and oxygen atoms in total. The van der Waals surface area contributed by atoms with E-state index in [9.17, 15) is 0 Å². The van der Waals surface area contributed by atoms with Crippen LogP contribution >= 0.6 is 0 Å². The molecule has 0 aliphatic rings. The summed E-state index contributed by atoms with van der Waals surface area (Å²) >= 11 is 0. The summed E-state index contributed by atoms with van der Waals surface area (Å²) in [6.07, 6.45) is 3.59. The van der Waals surface area contributed by atoms with Crippen molar-refractivity contribution in [3.8, 4) is 29.1 Å². The third-order valence-electron chi connectivity index (χ3n) is 2.69. The van der Waals surface area contributed by atoms with Crippen LogP contribution in [0.1, 0.15) is 5.56 Å². The second kappa shape index (κ2) is 7.66. The molecule has 2 aromatic carbocycles. The third-order valence-corrected chi connectivity index (χ3v) is 2.69. The lowest BCUT2D eigenvalue weighted by Gasteiger charge is -2.03. The van der Waals surface area contributed by atoms with Crippen molar-refractivity contribution in [2.24, 2.45) is 0 Å². The summed E-state index contributed by atoms with van der Waals surface area (Å²) < 4.78 is 10.6. The van der Waals surface area contributed by atoms with Crippen LogP contribution in [0.5, 0.6) is 17.2 Å². The molecule has 0 fully saturated rings. The molecule has 2 aromatic rings. The lowest BCUT2D eigenvalue weighted by Crippen LogP contribution is -1.92. The Morgan fingerprint density at radius 1 is 1.00 bits per heavy atom. The summed E-state index contributed by atoms with van der Waals surface area (Å²) in [6, 6.07) is 14.2. The van der Waals surface area contributed by atoms with Gasteiger partial charge in [-0.2, -0.15) is 0 Å². The molecule has 0 unspecified atom stereocenters. The minimum atomic E-state index is 0.240. The van der Waals surface area contributed by atoms with E-state index >= 15 is 0 Å². The summed E-state index contributed by atoms with van der Waals surface area (Å²) in [7, 11) is 1.63. The largest absolute Gasteiger partial charge is 0.508 e. The summed E-state index contributed by atoms with van der Waals surface area (Å²) in [4.78, 5) is 0. The molecule has 21 heavy (non-hydrogen) atoms. The van der Waals surface area contributed by atoms with Gasteiger partial charge in [-0.3, -0.25) is 0 Å². The first kappa shape index (κ1) is 14.5. The van der Waals surface area contributed by atoms with Gasteiger partial charge in [0.05, 0.1) is 7.11 Å². The van der Waals surface area contributed by atoms with Gasteiger partial charge in [0.25, 0.3) is 0 Å². The van der Waals surface area contributed by atoms with Crippen molar-refractivity contribution in [1.29, 1.82) is 0 Å². The molecular weight excluding hydrogens is 264 g/mol. The molecule has 0 amide bonds. The smallest absolute Gasteiger partial charge is 0.120 e. The number of hydrogen-bond donors (Lipinski definition) is 1. The highest BCUT2D eigenvalue weighted by Gasteiger charge is 1.92. The molecule has 2 rings (SSSR count). The quantitative estimate of drug-likeness (QED) is 0.872. The number of aromatic hydroxyl groups is 1. The molecule has 0 bridgehead atoms. The summed E-state index contributed by atoms with van der Waals surface area (Å²) in [5, 5.41) is 9.15. The monoisotopic (exact) mass is 280 g/mol. The molecule has 0 aliphatic carbocycles. The van der Waals surface area contributed by atoms with Crippen LogP contribution in [0.25, 0.3) is 0 Å². The minimum absolute atomic E-state index is 0.240. The van der Waals surface area contributed by atoms with Crippen LogP contribution in [0.2, 0.25) is 0 Å². The van der Waals surface area contributed by atoms with E-state index in [0.717, 1.165) is 17.1 Å². The van der Waals surface area contributed by atoms with Gasteiger partial charge < -0.3 is 14.6 Å². The fourth-order valence-electron chi connectivity index (χ4n) is 1.59. The second-order valence-corrected chi connectivity index (χ2v) is 4.21. The topological polar surface area (TPSA) is 38.7 Å². The van der Waals surface area contributed by atoms with Gasteiger partial charge in [0.2, 0.25) is 0 Å². The van der Waals surface area contributed by atoms with Crippen LogP contribution in [0.15, 0.2) is 60.7 Å². The molecule has 1 N–H and O–H groups in total.